The van der Waals surface area contributed by atoms with Gasteiger partial charge < -0.3 is 9.64 Å². The van der Waals surface area contributed by atoms with Crippen molar-refractivity contribution < 1.29 is 17.9 Å². The summed E-state index contributed by atoms with van der Waals surface area (Å²) in [4.78, 5) is 14.3. The molecule has 0 saturated carbocycles. The standard InChI is InChI=1S/C18H28N2O4S/c1-14(2)19-25(22,23)16-8-9-17(15(3)12-16)24-13-18(21)20-10-6-4-5-7-11-20/h8-9,12,14,19H,4-7,10-11,13H2,1-3H3. The Kier molecular flexibility index (Phi) is 6.84. The van der Waals surface area contributed by atoms with E-state index in [1.807, 2.05) is 4.90 Å². The molecule has 0 aromatic heterocycles. The molecule has 0 unspecified atom stereocenters. The molecule has 1 N–H and O–H groups in total. The molecule has 0 bridgehead atoms. The number of carbonyl (C=O) groups excluding carboxylic acids is 1. The summed E-state index contributed by atoms with van der Waals surface area (Å²) in [5.41, 5.74) is 0.690. The Morgan fingerprint density at radius 3 is 2.40 bits per heavy atom. The summed E-state index contributed by atoms with van der Waals surface area (Å²) in [7, 11) is -3.53. The quantitative estimate of drug-likeness (QED) is 0.837. The van der Waals surface area contributed by atoms with Crippen LogP contribution in [0.2, 0.25) is 0 Å². The van der Waals surface area contributed by atoms with Crippen LogP contribution in [0, 0.1) is 6.92 Å². The average Bonchev–Trinajstić information content (AvgIpc) is 2.81. The van der Waals surface area contributed by atoms with Crippen LogP contribution in [0.25, 0.3) is 0 Å². The second-order valence-corrected chi connectivity index (χ2v) is 8.50. The van der Waals surface area contributed by atoms with E-state index in [0.717, 1.165) is 25.9 Å². The number of carbonyl (C=O) groups is 1. The predicted molar refractivity (Wildman–Crippen MR) is 97.2 cm³/mol. The number of amides is 1. The van der Waals surface area contributed by atoms with Gasteiger partial charge in [0, 0.05) is 19.1 Å². The molecule has 1 aromatic carbocycles. The number of ether oxygens (including phenoxy) is 1. The third-order valence-corrected chi connectivity index (χ3v) is 5.81. The number of sulfonamides is 1. The highest BCUT2D eigenvalue weighted by Crippen LogP contribution is 2.22. The van der Waals surface area contributed by atoms with Gasteiger partial charge >= 0.3 is 0 Å². The van der Waals surface area contributed by atoms with Crippen LogP contribution in [-0.2, 0) is 14.8 Å². The van der Waals surface area contributed by atoms with Gasteiger partial charge in [-0.1, -0.05) is 12.8 Å². The first-order chi connectivity index (χ1) is 11.8. The van der Waals surface area contributed by atoms with Crippen LogP contribution in [0.15, 0.2) is 23.1 Å². The molecule has 7 heteroatoms. The zero-order chi connectivity index (χ0) is 18.4. The molecular weight excluding hydrogens is 340 g/mol. The third kappa shape index (κ3) is 5.71. The number of benzene rings is 1. The van der Waals surface area contributed by atoms with Crippen LogP contribution in [0.1, 0.15) is 45.1 Å². The number of hydrogen-bond donors (Lipinski definition) is 1. The van der Waals surface area contributed by atoms with Gasteiger partial charge in [0.15, 0.2) is 6.61 Å². The largest absolute Gasteiger partial charge is 0.483 e. The topological polar surface area (TPSA) is 75.7 Å². The Labute approximate surface area is 150 Å². The minimum atomic E-state index is -3.53. The van der Waals surface area contributed by atoms with Gasteiger partial charge in [0.2, 0.25) is 10.0 Å². The molecule has 140 valence electrons. The van der Waals surface area contributed by atoms with Gasteiger partial charge in [-0.05, 0) is 57.4 Å². The SMILES string of the molecule is Cc1cc(S(=O)(=O)NC(C)C)ccc1OCC(=O)N1CCCCCC1. The van der Waals surface area contributed by atoms with E-state index in [0.29, 0.717) is 11.3 Å². The Morgan fingerprint density at radius 2 is 1.84 bits per heavy atom. The molecule has 1 fully saturated rings. The Balaban J connectivity index is 2.00. The van der Waals surface area contributed by atoms with Crippen molar-refractivity contribution in [1.29, 1.82) is 0 Å². The maximum absolute atomic E-state index is 12.3. The molecular formula is C18H28N2O4S. The highest BCUT2D eigenvalue weighted by molar-refractivity contribution is 7.89. The van der Waals surface area contributed by atoms with E-state index in [-0.39, 0.29) is 23.5 Å². The van der Waals surface area contributed by atoms with Gasteiger partial charge in [0.05, 0.1) is 4.90 Å². The van der Waals surface area contributed by atoms with Gasteiger partial charge in [-0.15, -0.1) is 0 Å². The van der Waals surface area contributed by atoms with Crippen molar-refractivity contribution in [2.24, 2.45) is 0 Å². The zero-order valence-corrected chi connectivity index (χ0v) is 16.1. The lowest BCUT2D eigenvalue weighted by Gasteiger charge is -2.20. The van der Waals surface area contributed by atoms with Gasteiger partial charge in [0.1, 0.15) is 5.75 Å². The summed E-state index contributed by atoms with van der Waals surface area (Å²) in [6.45, 7) is 6.89. The third-order valence-electron chi connectivity index (χ3n) is 4.16. The number of likely N-dealkylation sites (tertiary alicyclic amines) is 1. The van der Waals surface area contributed by atoms with E-state index < -0.39 is 10.0 Å². The first-order valence-electron chi connectivity index (χ1n) is 8.83. The molecule has 1 heterocycles. The number of nitrogens with one attached hydrogen (secondary N) is 1. The molecule has 1 amide bonds. The molecule has 1 aromatic rings. The van der Waals surface area contributed by atoms with E-state index >= 15 is 0 Å². The summed E-state index contributed by atoms with van der Waals surface area (Å²) in [6.07, 6.45) is 4.43. The van der Waals surface area contributed by atoms with Gasteiger partial charge in [-0.25, -0.2) is 13.1 Å². The maximum atomic E-state index is 12.3. The van der Waals surface area contributed by atoms with Gasteiger partial charge in [-0.2, -0.15) is 0 Å². The highest BCUT2D eigenvalue weighted by atomic mass is 32.2. The van der Waals surface area contributed by atoms with E-state index in [2.05, 4.69) is 4.72 Å². The smallest absolute Gasteiger partial charge is 0.260 e. The van der Waals surface area contributed by atoms with Crippen molar-refractivity contribution in [2.45, 2.75) is 57.4 Å². The number of rotatable bonds is 6. The molecule has 0 atom stereocenters. The molecule has 1 aliphatic rings. The molecule has 0 radical (unpaired) electrons. The summed E-state index contributed by atoms with van der Waals surface area (Å²) in [6, 6.07) is 4.51. The number of hydrogen-bond acceptors (Lipinski definition) is 4. The Hall–Kier alpha value is -1.60. The normalized spacial score (nSPS) is 15.9. The zero-order valence-electron chi connectivity index (χ0n) is 15.2. The molecule has 2 rings (SSSR count). The first-order valence-corrected chi connectivity index (χ1v) is 10.3. The van der Waals surface area contributed by atoms with Crippen LogP contribution in [0.5, 0.6) is 5.75 Å². The van der Waals surface area contributed by atoms with Crippen LogP contribution < -0.4 is 9.46 Å². The van der Waals surface area contributed by atoms with Crippen molar-refractivity contribution in [3.8, 4) is 5.75 Å². The molecule has 1 saturated heterocycles. The summed E-state index contributed by atoms with van der Waals surface area (Å²) < 4.78 is 32.6. The van der Waals surface area contributed by atoms with E-state index in [4.69, 9.17) is 4.74 Å². The second-order valence-electron chi connectivity index (χ2n) is 6.79. The predicted octanol–water partition coefficient (Wildman–Crippen LogP) is 2.46. The number of nitrogens with zero attached hydrogens (tertiary/aromatic N) is 1. The Morgan fingerprint density at radius 1 is 1.20 bits per heavy atom. The number of aryl methyl sites for hydroxylation is 1. The molecule has 1 aliphatic heterocycles. The van der Waals surface area contributed by atoms with Crippen LogP contribution in [0.4, 0.5) is 0 Å². The van der Waals surface area contributed by atoms with Crippen molar-refractivity contribution in [3.05, 3.63) is 23.8 Å². The lowest BCUT2D eigenvalue weighted by Crippen LogP contribution is -2.35. The van der Waals surface area contributed by atoms with Crippen molar-refractivity contribution in [3.63, 3.8) is 0 Å². The maximum Gasteiger partial charge on any atom is 0.260 e. The second kappa shape index (κ2) is 8.67. The lowest BCUT2D eigenvalue weighted by molar-refractivity contribution is -0.133. The van der Waals surface area contributed by atoms with E-state index in [1.165, 1.54) is 18.9 Å². The molecule has 0 aliphatic carbocycles. The highest BCUT2D eigenvalue weighted by Gasteiger charge is 2.18. The lowest BCUT2D eigenvalue weighted by atomic mass is 10.2. The van der Waals surface area contributed by atoms with Crippen LogP contribution in [0.3, 0.4) is 0 Å². The minimum absolute atomic E-state index is 0.0144. The monoisotopic (exact) mass is 368 g/mol. The van der Waals surface area contributed by atoms with Gasteiger partial charge in [0.25, 0.3) is 5.91 Å². The van der Waals surface area contributed by atoms with Crippen molar-refractivity contribution in [2.75, 3.05) is 19.7 Å². The van der Waals surface area contributed by atoms with Crippen molar-refractivity contribution in [1.82, 2.24) is 9.62 Å². The summed E-state index contributed by atoms with van der Waals surface area (Å²) in [5, 5.41) is 0. The molecule has 6 nitrogen and oxygen atoms in total. The summed E-state index contributed by atoms with van der Waals surface area (Å²) in [5.74, 6) is 0.520. The summed E-state index contributed by atoms with van der Waals surface area (Å²) >= 11 is 0. The average molecular weight is 368 g/mol. The molecule has 0 spiro atoms. The molecule has 25 heavy (non-hydrogen) atoms. The van der Waals surface area contributed by atoms with Crippen molar-refractivity contribution >= 4 is 15.9 Å². The van der Waals surface area contributed by atoms with E-state index in [1.54, 1.807) is 32.9 Å². The van der Waals surface area contributed by atoms with Crippen LogP contribution in [-0.4, -0.2) is 45.0 Å². The fourth-order valence-electron chi connectivity index (χ4n) is 2.88. The Bertz CT molecular complexity index is 693. The van der Waals surface area contributed by atoms with E-state index in [9.17, 15) is 13.2 Å². The van der Waals surface area contributed by atoms with Gasteiger partial charge in [-0.3, -0.25) is 4.79 Å². The fourth-order valence-corrected chi connectivity index (χ4v) is 4.22. The van der Waals surface area contributed by atoms with Crippen LogP contribution >= 0.6 is 0 Å². The fraction of sp³-hybridized carbons (Fsp3) is 0.611. The minimum Gasteiger partial charge on any atom is -0.483 e. The first kappa shape index (κ1) is 19.7.